The molecule has 59 heavy (non-hydrogen) atoms. The quantitative estimate of drug-likeness (QED) is 0.0297. The monoisotopic (exact) mass is 811 g/mol. The van der Waals surface area contributed by atoms with Gasteiger partial charge in [0.15, 0.2) is 0 Å². The normalized spacial score (nSPS) is 27.7. The Hall–Kier alpha value is -4.04. The summed E-state index contributed by atoms with van der Waals surface area (Å²) in [4.78, 5) is 24.2. The minimum absolute atomic E-state index is 0.0871. The molecule has 7 heteroatoms. The topological polar surface area (TPSA) is 106 Å². The van der Waals surface area contributed by atoms with Crippen LogP contribution in [0.3, 0.4) is 0 Å². The first kappa shape index (κ1) is 49.3. The zero-order valence-electron chi connectivity index (χ0n) is 37.8. The Morgan fingerprint density at radius 3 is 1.97 bits per heavy atom. The summed E-state index contributed by atoms with van der Waals surface area (Å²) in [6.07, 6.45) is 41.5. The van der Waals surface area contributed by atoms with Gasteiger partial charge in [0.25, 0.3) is 0 Å². The van der Waals surface area contributed by atoms with Crippen LogP contribution in [0.4, 0.5) is 0 Å². The number of rotatable bonds is 21. The third kappa shape index (κ3) is 15.8. The molecule has 0 spiro atoms. The molecule has 2 aliphatic carbocycles. The van der Waals surface area contributed by atoms with Crippen molar-refractivity contribution in [2.24, 2.45) is 16.7 Å². The van der Waals surface area contributed by atoms with Crippen LogP contribution >= 0.6 is 0 Å². The van der Waals surface area contributed by atoms with Gasteiger partial charge in [-0.15, -0.1) is 0 Å². The van der Waals surface area contributed by atoms with Gasteiger partial charge in [0.05, 0.1) is 12.2 Å². The third-order valence-electron chi connectivity index (χ3n) is 11.8. The van der Waals surface area contributed by atoms with Crippen molar-refractivity contribution in [1.29, 1.82) is 0 Å². The Kier molecular flexibility index (Phi) is 19.3. The summed E-state index contributed by atoms with van der Waals surface area (Å²) in [5, 5.41) is 20.7. The molecule has 324 valence electrons. The van der Waals surface area contributed by atoms with Gasteiger partial charge in [0.1, 0.15) is 24.4 Å². The fraction of sp³-hybridized carbons (Fsp3) is 0.538. The van der Waals surface area contributed by atoms with Gasteiger partial charge in [-0.2, -0.15) is 0 Å². The zero-order chi connectivity index (χ0) is 43.7. The summed E-state index contributed by atoms with van der Waals surface area (Å²) >= 11 is 0. The van der Waals surface area contributed by atoms with Crippen LogP contribution in [0.15, 0.2) is 131 Å². The van der Waals surface area contributed by atoms with Crippen LogP contribution in [0.5, 0.6) is 0 Å². The van der Waals surface area contributed by atoms with Crippen molar-refractivity contribution in [3.05, 3.63) is 131 Å². The Bertz CT molecular complexity index is 1770. The maximum absolute atomic E-state index is 12.6. The second-order valence-corrected chi connectivity index (χ2v) is 18.3. The van der Waals surface area contributed by atoms with Crippen LogP contribution in [0.2, 0.25) is 0 Å². The van der Waals surface area contributed by atoms with Crippen molar-refractivity contribution in [1.82, 2.24) is 0 Å². The van der Waals surface area contributed by atoms with E-state index >= 15 is 0 Å². The lowest BCUT2D eigenvalue weighted by atomic mass is 9.63. The number of hydrogen-bond acceptors (Lipinski definition) is 7. The molecule has 0 radical (unpaired) electrons. The molecule has 0 amide bonds. The minimum atomic E-state index is -0.486. The molecule has 0 aromatic rings. The van der Waals surface area contributed by atoms with Crippen molar-refractivity contribution >= 4 is 11.9 Å². The van der Waals surface area contributed by atoms with E-state index < -0.39 is 23.4 Å². The highest BCUT2D eigenvalue weighted by Crippen LogP contribution is 2.66. The van der Waals surface area contributed by atoms with Crippen LogP contribution < -0.4 is 0 Å². The second-order valence-electron chi connectivity index (χ2n) is 18.3. The number of aliphatic hydroxyl groups excluding tert-OH is 2. The number of epoxide rings is 1. The Labute approximate surface area is 356 Å². The second kappa shape index (κ2) is 23.1. The molecule has 5 atom stereocenters. The molecule has 1 aliphatic heterocycles. The average Bonchev–Trinajstić information content (AvgIpc) is 3.76. The number of hydrogen-bond donors (Lipinski definition) is 2. The fourth-order valence-electron chi connectivity index (χ4n) is 8.59. The summed E-state index contributed by atoms with van der Waals surface area (Å²) in [6, 6.07) is 0. The lowest BCUT2D eigenvalue weighted by Crippen LogP contribution is -2.46. The number of allylic oxidation sites excluding steroid dienone is 15. The molecule has 3 rings (SSSR count). The van der Waals surface area contributed by atoms with Gasteiger partial charge in [-0.05, 0) is 76.0 Å². The predicted molar refractivity (Wildman–Crippen MR) is 242 cm³/mol. The van der Waals surface area contributed by atoms with Crippen molar-refractivity contribution in [2.75, 3.05) is 13.2 Å². The lowest BCUT2D eigenvalue weighted by Gasteiger charge is -2.39. The van der Waals surface area contributed by atoms with Gasteiger partial charge in [0.2, 0.25) is 0 Å². The average molecular weight is 811 g/mol. The Morgan fingerprint density at radius 2 is 1.37 bits per heavy atom. The highest BCUT2D eigenvalue weighted by atomic mass is 16.6. The first-order valence-corrected chi connectivity index (χ1v) is 21.7. The Morgan fingerprint density at radius 1 is 0.763 bits per heavy atom. The molecule has 2 fully saturated rings. The number of carbonyl (C=O) groups is 2. The largest absolute Gasteiger partial charge is 0.461 e. The van der Waals surface area contributed by atoms with E-state index in [1.54, 1.807) is 0 Å². The van der Waals surface area contributed by atoms with Gasteiger partial charge >= 0.3 is 11.9 Å². The molecule has 7 nitrogen and oxygen atoms in total. The molecule has 1 saturated carbocycles. The van der Waals surface area contributed by atoms with Crippen molar-refractivity contribution in [3.63, 3.8) is 0 Å². The van der Waals surface area contributed by atoms with E-state index in [-0.39, 0.29) is 41.9 Å². The molecule has 2 N–H and O–H groups in total. The molecule has 0 aromatic carbocycles. The van der Waals surface area contributed by atoms with E-state index in [1.165, 1.54) is 38.7 Å². The number of carbonyl (C=O) groups excluding carboxylic acids is 2. The lowest BCUT2D eigenvalue weighted by molar-refractivity contribution is -0.140. The van der Waals surface area contributed by atoms with Crippen molar-refractivity contribution in [2.45, 2.75) is 150 Å². The van der Waals surface area contributed by atoms with Gasteiger partial charge in [-0.25, -0.2) is 4.79 Å². The standard InChI is InChI=1S/C52H74O7/c1-11-12-13-14-15-16-17-28-48(56)58-38-44(31-32-52-50(8,9)35-46(55)36-51(52,10)59-52)27-21-25-40(3)23-19-18-22-39(2)24-20-26-43(37-57-42(5)53)29-30-47-41(4)33-45(54)34-49(47,6)7/h17-33,45-47,54-55H,11-16,34-38H2,1-10H3. The maximum Gasteiger partial charge on any atom is 0.330 e. The van der Waals surface area contributed by atoms with Crippen LogP contribution in [-0.2, 0) is 23.8 Å². The first-order valence-electron chi connectivity index (χ1n) is 21.7. The minimum Gasteiger partial charge on any atom is -0.461 e. The van der Waals surface area contributed by atoms with Crippen LogP contribution in [0.25, 0.3) is 0 Å². The number of ether oxygens (including phenoxy) is 3. The van der Waals surface area contributed by atoms with E-state index in [2.05, 4.69) is 60.6 Å². The van der Waals surface area contributed by atoms with Gasteiger partial charge in [0, 0.05) is 30.8 Å². The van der Waals surface area contributed by atoms with Gasteiger partial charge < -0.3 is 24.4 Å². The summed E-state index contributed by atoms with van der Waals surface area (Å²) < 4.78 is 17.3. The van der Waals surface area contributed by atoms with Crippen molar-refractivity contribution in [3.8, 4) is 0 Å². The van der Waals surface area contributed by atoms with Gasteiger partial charge in [-0.1, -0.05) is 168 Å². The van der Waals surface area contributed by atoms with Crippen molar-refractivity contribution < 1.29 is 34.0 Å². The summed E-state index contributed by atoms with van der Waals surface area (Å²) in [7, 11) is 0. The highest BCUT2D eigenvalue weighted by molar-refractivity contribution is 5.82. The molecular formula is C52H74O7. The molecule has 1 heterocycles. The molecule has 1 saturated heterocycles. The molecule has 3 aliphatic rings. The van der Waals surface area contributed by atoms with E-state index in [4.69, 9.17) is 14.2 Å². The molecule has 0 bridgehead atoms. The predicted octanol–water partition coefficient (Wildman–Crippen LogP) is 11.6. The number of aliphatic hydroxyl groups is 2. The number of unbranched alkanes of at least 4 members (excludes halogenated alkanes) is 5. The summed E-state index contributed by atoms with van der Waals surface area (Å²) in [6.45, 7) is 20.7. The van der Waals surface area contributed by atoms with Crippen LogP contribution in [0.1, 0.15) is 127 Å². The van der Waals surface area contributed by atoms with Crippen LogP contribution in [-0.4, -0.2) is 58.8 Å². The van der Waals surface area contributed by atoms with Crippen LogP contribution in [0, 0.1) is 16.7 Å². The fourth-order valence-corrected chi connectivity index (χ4v) is 8.59. The Balaban J connectivity index is 1.67. The van der Waals surface area contributed by atoms with E-state index in [0.717, 1.165) is 40.7 Å². The van der Waals surface area contributed by atoms with E-state index in [1.807, 2.05) is 98.9 Å². The maximum atomic E-state index is 12.6. The zero-order valence-corrected chi connectivity index (χ0v) is 37.8. The van der Waals surface area contributed by atoms with Gasteiger partial charge in [-0.3, -0.25) is 4.79 Å². The van der Waals surface area contributed by atoms with E-state index in [9.17, 15) is 19.8 Å². The number of esters is 2. The summed E-state index contributed by atoms with van der Waals surface area (Å²) in [5.41, 5.74) is 3.71. The first-order chi connectivity index (χ1) is 27.8. The summed E-state index contributed by atoms with van der Waals surface area (Å²) in [5.74, 6) is -0.501. The highest BCUT2D eigenvalue weighted by Gasteiger charge is 2.74. The molecular weight excluding hydrogens is 737 g/mol. The third-order valence-corrected chi connectivity index (χ3v) is 11.8. The molecule has 0 aromatic heterocycles. The molecule has 5 unspecified atom stereocenters. The number of fused-ring (bicyclic) bond motifs is 1. The van der Waals surface area contributed by atoms with E-state index in [0.29, 0.717) is 19.3 Å². The SMILES string of the molecule is CCCCCCCC=CC(=O)OCC(C=CC12OC1(C)CC(O)CC2(C)C)=CC=CC(C)=CC=CC=C(C)C=CC=C(C=CC1C(C)=CC(O)CC1(C)C)COC(C)=O. The smallest absolute Gasteiger partial charge is 0.330 e.